The summed E-state index contributed by atoms with van der Waals surface area (Å²) in [4.78, 5) is 0. The lowest BCUT2D eigenvalue weighted by Crippen LogP contribution is -1.85. The molecule has 1 heterocycles. The summed E-state index contributed by atoms with van der Waals surface area (Å²) in [6.45, 7) is 2.02. The molecule has 1 nitrogen and oxygen atoms in total. The van der Waals surface area contributed by atoms with E-state index in [9.17, 15) is 0 Å². The second-order valence-electron chi connectivity index (χ2n) is 6.19. The van der Waals surface area contributed by atoms with Crippen LogP contribution in [-0.4, -0.2) is 5.33 Å². The van der Waals surface area contributed by atoms with Gasteiger partial charge in [-0.2, -0.15) is 0 Å². The molecular formula is C19H33BrO. The largest absolute Gasteiger partial charge is 0.466 e. The summed E-state index contributed by atoms with van der Waals surface area (Å²) in [5.74, 6) is 2.20. The smallest absolute Gasteiger partial charge is 0.104 e. The molecule has 0 atom stereocenters. The molecule has 0 aliphatic rings. The van der Waals surface area contributed by atoms with E-state index in [1.165, 1.54) is 82.4 Å². The Kier molecular flexibility index (Phi) is 12.0. The van der Waals surface area contributed by atoms with Gasteiger partial charge in [0.1, 0.15) is 11.5 Å². The quantitative estimate of drug-likeness (QED) is 0.253. The minimum Gasteiger partial charge on any atom is -0.466 e. The van der Waals surface area contributed by atoms with Gasteiger partial charge >= 0.3 is 0 Å². The maximum Gasteiger partial charge on any atom is 0.104 e. The molecule has 1 aromatic rings. The fourth-order valence-electron chi connectivity index (χ4n) is 2.78. The van der Waals surface area contributed by atoms with Crippen molar-refractivity contribution < 1.29 is 4.42 Å². The van der Waals surface area contributed by atoms with E-state index in [2.05, 4.69) is 28.1 Å². The highest BCUT2D eigenvalue weighted by Crippen LogP contribution is 2.14. The van der Waals surface area contributed by atoms with Crippen LogP contribution < -0.4 is 0 Å². The molecule has 0 bridgehead atoms. The first-order valence-corrected chi connectivity index (χ1v) is 10.1. The van der Waals surface area contributed by atoms with Crippen LogP contribution in [0.25, 0.3) is 0 Å². The highest BCUT2D eigenvalue weighted by atomic mass is 79.9. The minimum absolute atomic E-state index is 1.04. The third-order valence-electron chi connectivity index (χ3n) is 4.10. The van der Waals surface area contributed by atoms with Crippen molar-refractivity contribution in [3.05, 3.63) is 23.7 Å². The van der Waals surface area contributed by atoms with Gasteiger partial charge < -0.3 is 4.42 Å². The van der Waals surface area contributed by atoms with Gasteiger partial charge in [0.05, 0.1) is 0 Å². The highest BCUT2D eigenvalue weighted by Gasteiger charge is 1.98. The number of unbranched alkanes of at least 4 members (excludes halogenated alkanes) is 11. The lowest BCUT2D eigenvalue weighted by atomic mass is 10.0. The van der Waals surface area contributed by atoms with Crippen LogP contribution in [0.3, 0.4) is 0 Å². The van der Waals surface area contributed by atoms with Crippen molar-refractivity contribution in [1.29, 1.82) is 0 Å². The van der Waals surface area contributed by atoms with E-state index in [0.717, 1.165) is 17.9 Å². The van der Waals surface area contributed by atoms with E-state index in [-0.39, 0.29) is 0 Å². The number of rotatable bonds is 14. The second-order valence-corrected chi connectivity index (χ2v) is 6.99. The molecular weight excluding hydrogens is 324 g/mol. The molecule has 0 N–H and O–H groups in total. The van der Waals surface area contributed by atoms with Crippen LogP contribution in [0.1, 0.15) is 88.6 Å². The standard InChI is InChI=1S/C19H33BrO/c1-18-15-16-19(21-18)14-12-10-8-6-4-2-3-5-7-9-11-13-17-20/h15-16H,2-14,17H2,1H3. The van der Waals surface area contributed by atoms with Crippen LogP contribution in [0.4, 0.5) is 0 Å². The van der Waals surface area contributed by atoms with E-state index in [4.69, 9.17) is 4.42 Å². The van der Waals surface area contributed by atoms with E-state index in [1.54, 1.807) is 0 Å². The summed E-state index contributed by atoms with van der Waals surface area (Å²) in [5.41, 5.74) is 0. The molecule has 0 unspecified atom stereocenters. The Hall–Kier alpha value is -0.240. The van der Waals surface area contributed by atoms with Gasteiger partial charge in [-0.3, -0.25) is 0 Å². The predicted octanol–water partition coefficient (Wildman–Crippen LogP) is 7.21. The minimum atomic E-state index is 1.04. The van der Waals surface area contributed by atoms with Crippen molar-refractivity contribution in [1.82, 2.24) is 0 Å². The molecule has 2 heteroatoms. The van der Waals surface area contributed by atoms with Crippen molar-refractivity contribution in [3.8, 4) is 0 Å². The topological polar surface area (TPSA) is 13.1 Å². The number of aryl methyl sites for hydroxylation is 2. The SMILES string of the molecule is Cc1ccc(CCCCCCCCCCCCCCBr)o1. The number of halogens is 1. The Morgan fingerprint density at radius 3 is 1.62 bits per heavy atom. The second kappa shape index (κ2) is 13.4. The molecule has 0 amide bonds. The zero-order valence-corrected chi connectivity index (χ0v) is 15.4. The fraction of sp³-hybridized carbons (Fsp3) is 0.789. The van der Waals surface area contributed by atoms with Crippen molar-refractivity contribution >= 4 is 15.9 Å². The molecule has 0 aromatic carbocycles. The Balaban J connectivity index is 1.74. The normalized spacial score (nSPS) is 11.1. The van der Waals surface area contributed by atoms with Crippen molar-refractivity contribution in [3.63, 3.8) is 0 Å². The third-order valence-corrected chi connectivity index (χ3v) is 4.66. The number of hydrogen-bond donors (Lipinski definition) is 0. The Morgan fingerprint density at radius 1 is 0.714 bits per heavy atom. The monoisotopic (exact) mass is 356 g/mol. The molecule has 0 saturated heterocycles. The van der Waals surface area contributed by atoms with Gasteiger partial charge in [-0.05, 0) is 31.9 Å². The van der Waals surface area contributed by atoms with Crippen LogP contribution in [0.2, 0.25) is 0 Å². The van der Waals surface area contributed by atoms with Gasteiger partial charge in [0.25, 0.3) is 0 Å². The Bertz CT molecular complexity index is 332. The maximum absolute atomic E-state index is 5.59. The molecule has 122 valence electrons. The molecule has 0 spiro atoms. The molecule has 0 aliphatic heterocycles. The summed E-state index contributed by atoms with van der Waals surface area (Å²) in [7, 11) is 0. The van der Waals surface area contributed by atoms with Crippen LogP contribution in [0.15, 0.2) is 16.5 Å². The summed E-state index contributed by atoms with van der Waals surface area (Å²) in [6, 6.07) is 4.18. The average molecular weight is 357 g/mol. The summed E-state index contributed by atoms with van der Waals surface area (Å²) in [5, 5.41) is 1.17. The molecule has 0 radical (unpaired) electrons. The van der Waals surface area contributed by atoms with Crippen molar-refractivity contribution in [2.45, 2.75) is 90.4 Å². The predicted molar refractivity (Wildman–Crippen MR) is 96.3 cm³/mol. The van der Waals surface area contributed by atoms with Crippen LogP contribution in [-0.2, 0) is 6.42 Å². The Labute approximate surface area is 140 Å². The van der Waals surface area contributed by atoms with Gasteiger partial charge in [-0.15, -0.1) is 0 Å². The van der Waals surface area contributed by atoms with Gasteiger partial charge in [0.15, 0.2) is 0 Å². The van der Waals surface area contributed by atoms with Gasteiger partial charge in [0, 0.05) is 11.8 Å². The molecule has 0 saturated carbocycles. The lowest BCUT2D eigenvalue weighted by molar-refractivity contribution is 0.469. The van der Waals surface area contributed by atoms with E-state index in [1.807, 2.05) is 6.92 Å². The number of alkyl halides is 1. The van der Waals surface area contributed by atoms with E-state index >= 15 is 0 Å². The lowest BCUT2D eigenvalue weighted by Gasteiger charge is -2.02. The first-order chi connectivity index (χ1) is 10.3. The van der Waals surface area contributed by atoms with E-state index in [0.29, 0.717) is 0 Å². The first kappa shape index (κ1) is 18.8. The molecule has 0 aliphatic carbocycles. The fourth-order valence-corrected chi connectivity index (χ4v) is 3.18. The summed E-state index contributed by atoms with van der Waals surface area (Å²) in [6.07, 6.45) is 17.9. The summed E-state index contributed by atoms with van der Waals surface area (Å²) < 4.78 is 5.59. The highest BCUT2D eigenvalue weighted by molar-refractivity contribution is 9.09. The zero-order valence-electron chi connectivity index (χ0n) is 13.8. The average Bonchev–Trinajstić information content (AvgIpc) is 2.89. The van der Waals surface area contributed by atoms with Crippen molar-refractivity contribution in [2.75, 3.05) is 5.33 Å². The molecule has 1 aromatic heterocycles. The summed E-state index contributed by atoms with van der Waals surface area (Å²) >= 11 is 3.49. The van der Waals surface area contributed by atoms with Gasteiger partial charge in [-0.25, -0.2) is 0 Å². The molecule has 21 heavy (non-hydrogen) atoms. The first-order valence-electron chi connectivity index (χ1n) is 8.94. The number of furan rings is 1. The Morgan fingerprint density at radius 2 is 1.19 bits per heavy atom. The van der Waals surface area contributed by atoms with Crippen molar-refractivity contribution in [2.24, 2.45) is 0 Å². The van der Waals surface area contributed by atoms with Crippen LogP contribution in [0, 0.1) is 6.92 Å². The molecule has 0 fully saturated rings. The number of hydrogen-bond acceptors (Lipinski definition) is 1. The molecule has 1 rings (SSSR count). The van der Waals surface area contributed by atoms with Crippen LogP contribution in [0.5, 0.6) is 0 Å². The zero-order chi connectivity index (χ0) is 15.2. The third kappa shape index (κ3) is 11.0. The maximum atomic E-state index is 5.59. The van der Waals surface area contributed by atoms with E-state index < -0.39 is 0 Å². The van der Waals surface area contributed by atoms with Gasteiger partial charge in [-0.1, -0.05) is 80.1 Å². The van der Waals surface area contributed by atoms with Crippen LogP contribution >= 0.6 is 15.9 Å². The van der Waals surface area contributed by atoms with Gasteiger partial charge in [0.2, 0.25) is 0 Å².